The molecule has 2 rings (SSSR count). The van der Waals surface area contributed by atoms with E-state index in [9.17, 15) is 0 Å². The number of thioether (sulfide) groups is 1. The van der Waals surface area contributed by atoms with Gasteiger partial charge in [0.1, 0.15) is 0 Å². The highest BCUT2D eigenvalue weighted by atomic mass is 35.5. The van der Waals surface area contributed by atoms with E-state index < -0.39 is 0 Å². The van der Waals surface area contributed by atoms with E-state index in [0.717, 1.165) is 31.1 Å². The molecule has 1 aromatic rings. The molecule has 0 saturated carbocycles. The van der Waals surface area contributed by atoms with E-state index >= 15 is 0 Å². The molecule has 0 aliphatic carbocycles. The van der Waals surface area contributed by atoms with Crippen LogP contribution in [0.1, 0.15) is 30.6 Å². The molecule has 0 N–H and O–H groups in total. The molecule has 0 aromatic heterocycles. The summed E-state index contributed by atoms with van der Waals surface area (Å²) in [6.45, 7) is 3.09. The third-order valence-corrected chi connectivity index (χ3v) is 4.66. The van der Waals surface area contributed by atoms with Crippen LogP contribution in [0.4, 0.5) is 0 Å². The molecule has 1 aliphatic heterocycles. The lowest BCUT2D eigenvalue weighted by Gasteiger charge is -2.26. The van der Waals surface area contributed by atoms with Crippen LogP contribution in [0.25, 0.3) is 0 Å². The number of halogens is 1. The Kier molecular flexibility index (Phi) is 5.20. The van der Waals surface area contributed by atoms with E-state index in [1.165, 1.54) is 11.1 Å². The molecule has 2 atom stereocenters. The molecule has 2 unspecified atom stereocenters. The maximum absolute atomic E-state index is 5.88. The van der Waals surface area contributed by atoms with Crippen LogP contribution in [-0.4, -0.2) is 23.5 Å². The molecule has 17 heavy (non-hydrogen) atoms. The van der Waals surface area contributed by atoms with Gasteiger partial charge in [-0.05, 0) is 24.0 Å². The predicted molar refractivity (Wildman–Crippen MR) is 76.1 cm³/mol. The van der Waals surface area contributed by atoms with Gasteiger partial charge in [0.25, 0.3) is 0 Å². The normalized spacial score (nSPS) is 20.9. The summed E-state index contributed by atoms with van der Waals surface area (Å²) in [7, 11) is 0. The summed E-state index contributed by atoms with van der Waals surface area (Å²) < 4.78 is 5.88. The summed E-state index contributed by atoms with van der Waals surface area (Å²) in [5.41, 5.74) is 2.83. The van der Waals surface area contributed by atoms with Crippen molar-refractivity contribution in [3.63, 3.8) is 0 Å². The quantitative estimate of drug-likeness (QED) is 0.747. The molecule has 0 fully saturated rings. The second-order valence-corrected chi connectivity index (χ2v) is 6.28. The highest BCUT2D eigenvalue weighted by Crippen LogP contribution is 2.31. The average molecular weight is 271 g/mol. The Morgan fingerprint density at radius 2 is 2.29 bits per heavy atom. The van der Waals surface area contributed by atoms with Crippen LogP contribution in [0.3, 0.4) is 0 Å². The van der Waals surface area contributed by atoms with Gasteiger partial charge in [0, 0.05) is 16.9 Å². The van der Waals surface area contributed by atoms with Gasteiger partial charge < -0.3 is 4.74 Å². The fraction of sp³-hybridized carbons (Fsp3) is 0.571. The third-order valence-electron chi connectivity index (χ3n) is 3.14. The van der Waals surface area contributed by atoms with Crippen molar-refractivity contribution in [3.05, 3.63) is 35.4 Å². The van der Waals surface area contributed by atoms with Gasteiger partial charge in [0.2, 0.25) is 0 Å². The Morgan fingerprint density at radius 3 is 3.12 bits per heavy atom. The second kappa shape index (κ2) is 6.67. The smallest absolute Gasteiger partial charge is 0.0918 e. The summed E-state index contributed by atoms with van der Waals surface area (Å²) in [6, 6.07) is 8.64. The van der Waals surface area contributed by atoms with Crippen LogP contribution in [0.2, 0.25) is 0 Å². The van der Waals surface area contributed by atoms with Crippen molar-refractivity contribution < 1.29 is 4.74 Å². The predicted octanol–water partition coefficient (Wildman–Crippen LogP) is 4.05. The molecule has 3 heteroatoms. The zero-order chi connectivity index (χ0) is 12.1. The first-order valence-electron chi connectivity index (χ1n) is 6.18. The average Bonchev–Trinajstić information content (AvgIpc) is 2.36. The lowest BCUT2D eigenvalue weighted by Crippen LogP contribution is -2.18. The third kappa shape index (κ3) is 3.64. The first kappa shape index (κ1) is 13.3. The van der Waals surface area contributed by atoms with Crippen LogP contribution in [0.5, 0.6) is 0 Å². The molecule has 1 aliphatic rings. The molecule has 1 heterocycles. The van der Waals surface area contributed by atoms with Gasteiger partial charge in [-0.1, -0.05) is 31.2 Å². The maximum atomic E-state index is 5.88. The first-order valence-corrected chi connectivity index (χ1v) is 7.76. The number of hydrogen-bond acceptors (Lipinski definition) is 2. The van der Waals surface area contributed by atoms with E-state index in [0.29, 0.717) is 5.25 Å². The number of ether oxygens (including phenoxy) is 1. The summed E-state index contributed by atoms with van der Waals surface area (Å²) >= 11 is 7.72. The molecule has 1 aromatic carbocycles. The molecular weight excluding hydrogens is 252 g/mol. The molecule has 1 nitrogen and oxygen atoms in total. The van der Waals surface area contributed by atoms with Gasteiger partial charge in [-0.15, -0.1) is 11.6 Å². The first-order chi connectivity index (χ1) is 8.31. The Hall–Kier alpha value is -0.180. The molecule has 0 bridgehead atoms. The lowest BCUT2D eigenvalue weighted by molar-refractivity contribution is 0.0587. The minimum Gasteiger partial charge on any atom is -0.372 e. The highest BCUT2D eigenvalue weighted by molar-refractivity contribution is 7.99. The highest BCUT2D eigenvalue weighted by Gasteiger charge is 2.20. The van der Waals surface area contributed by atoms with Crippen molar-refractivity contribution in [3.8, 4) is 0 Å². The van der Waals surface area contributed by atoms with E-state index in [1.54, 1.807) is 0 Å². The number of fused-ring (bicyclic) bond motifs is 1. The van der Waals surface area contributed by atoms with E-state index in [4.69, 9.17) is 16.3 Å². The van der Waals surface area contributed by atoms with Crippen molar-refractivity contribution >= 4 is 23.4 Å². The van der Waals surface area contributed by atoms with E-state index in [1.807, 2.05) is 11.8 Å². The van der Waals surface area contributed by atoms with E-state index in [2.05, 4.69) is 31.2 Å². The van der Waals surface area contributed by atoms with Crippen molar-refractivity contribution in [2.75, 3.05) is 18.2 Å². The van der Waals surface area contributed by atoms with Gasteiger partial charge in [-0.25, -0.2) is 0 Å². The Bertz CT molecular complexity index is 356. The van der Waals surface area contributed by atoms with Gasteiger partial charge >= 0.3 is 0 Å². The van der Waals surface area contributed by atoms with Crippen molar-refractivity contribution in [2.24, 2.45) is 0 Å². The van der Waals surface area contributed by atoms with Gasteiger partial charge in [0.15, 0.2) is 0 Å². The SMILES string of the molecule is CC(CCCl)SCC1OCCc2ccccc21. The standard InChI is InChI=1S/C14H19ClOS/c1-11(6-8-15)17-10-14-13-5-3-2-4-12(13)7-9-16-14/h2-5,11,14H,6-10H2,1H3. The van der Waals surface area contributed by atoms with Crippen LogP contribution in [0, 0.1) is 0 Å². The molecule has 0 radical (unpaired) electrons. The van der Waals surface area contributed by atoms with Crippen LogP contribution in [0.15, 0.2) is 24.3 Å². The topological polar surface area (TPSA) is 9.23 Å². The molecule has 0 amide bonds. The molecular formula is C14H19ClOS. The largest absolute Gasteiger partial charge is 0.372 e. The van der Waals surface area contributed by atoms with Crippen molar-refractivity contribution in [1.82, 2.24) is 0 Å². The second-order valence-electron chi connectivity index (χ2n) is 4.43. The summed E-state index contributed by atoms with van der Waals surface area (Å²) in [6.07, 6.45) is 2.39. The Labute approximate surface area is 113 Å². The number of benzene rings is 1. The summed E-state index contributed by atoms with van der Waals surface area (Å²) in [5.74, 6) is 1.78. The van der Waals surface area contributed by atoms with Gasteiger partial charge in [-0.2, -0.15) is 11.8 Å². The molecule has 94 valence electrons. The maximum Gasteiger partial charge on any atom is 0.0918 e. The zero-order valence-electron chi connectivity index (χ0n) is 10.2. The fourth-order valence-corrected chi connectivity index (χ4v) is 3.62. The molecule has 0 saturated heterocycles. The van der Waals surface area contributed by atoms with Gasteiger partial charge in [0.05, 0.1) is 12.7 Å². The minimum absolute atomic E-state index is 0.266. The summed E-state index contributed by atoms with van der Waals surface area (Å²) in [4.78, 5) is 0. The summed E-state index contributed by atoms with van der Waals surface area (Å²) in [5, 5.41) is 0.616. The lowest BCUT2D eigenvalue weighted by atomic mass is 9.99. The van der Waals surface area contributed by atoms with Gasteiger partial charge in [-0.3, -0.25) is 0 Å². The van der Waals surface area contributed by atoms with E-state index in [-0.39, 0.29) is 6.10 Å². The van der Waals surface area contributed by atoms with Crippen LogP contribution >= 0.6 is 23.4 Å². The fourth-order valence-electron chi connectivity index (χ4n) is 2.10. The monoisotopic (exact) mass is 270 g/mol. The molecule has 0 spiro atoms. The number of hydrogen-bond donors (Lipinski definition) is 0. The minimum atomic E-state index is 0.266. The van der Waals surface area contributed by atoms with Crippen LogP contribution < -0.4 is 0 Å². The van der Waals surface area contributed by atoms with Crippen molar-refractivity contribution in [1.29, 1.82) is 0 Å². The Balaban J connectivity index is 1.94. The van der Waals surface area contributed by atoms with Crippen molar-refractivity contribution in [2.45, 2.75) is 31.1 Å². The number of rotatable bonds is 5. The number of alkyl halides is 1. The zero-order valence-corrected chi connectivity index (χ0v) is 11.8. The van der Waals surface area contributed by atoms with Crippen LogP contribution in [-0.2, 0) is 11.2 Å². The Morgan fingerprint density at radius 1 is 1.47 bits per heavy atom.